The van der Waals surface area contributed by atoms with Gasteiger partial charge in [0.2, 0.25) is 0 Å². The molecular formula is C8H11N5O2+2. The lowest BCUT2D eigenvalue weighted by atomic mass is 10.1. The molecule has 0 fully saturated rings. The van der Waals surface area contributed by atoms with Crippen LogP contribution in [0.4, 0.5) is 5.69 Å². The van der Waals surface area contributed by atoms with Crippen LogP contribution in [0.1, 0.15) is 11.1 Å². The van der Waals surface area contributed by atoms with Gasteiger partial charge in [0.15, 0.2) is 0 Å². The van der Waals surface area contributed by atoms with Crippen LogP contribution in [0.15, 0.2) is 18.2 Å². The molecule has 7 heteroatoms. The van der Waals surface area contributed by atoms with E-state index in [1.165, 1.54) is 18.2 Å². The monoisotopic (exact) mass is 209 g/mol. The van der Waals surface area contributed by atoms with Crippen molar-refractivity contribution >= 4 is 17.4 Å². The van der Waals surface area contributed by atoms with Gasteiger partial charge in [-0.05, 0) is 6.07 Å². The van der Waals surface area contributed by atoms with Crippen molar-refractivity contribution in [1.29, 1.82) is 0 Å². The van der Waals surface area contributed by atoms with Crippen molar-refractivity contribution < 1.29 is 15.7 Å². The van der Waals surface area contributed by atoms with E-state index in [1.54, 1.807) is 0 Å². The zero-order valence-corrected chi connectivity index (χ0v) is 7.81. The molecule has 0 heterocycles. The highest BCUT2D eigenvalue weighted by Crippen LogP contribution is 2.15. The summed E-state index contributed by atoms with van der Waals surface area (Å²) < 4.78 is 0. The van der Waals surface area contributed by atoms with Crippen LogP contribution in [0.2, 0.25) is 0 Å². The molecule has 0 atom stereocenters. The van der Waals surface area contributed by atoms with Gasteiger partial charge >= 0.3 is 0 Å². The van der Waals surface area contributed by atoms with Crippen LogP contribution in [0.25, 0.3) is 0 Å². The standard InChI is InChI=1S/C8H9N5O2/c9-7(10)4-1-5(8(11)12)3-6(2-4)13(14)15/h1-3H,(H3,9,10)(H3,11,12)/p+2. The molecule has 0 aliphatic heterocycles. The Kier molecular flexibility index (Phi) is 2.65. The lowest BCUT2D eigenvalue weighted by Crippen LogP contribution is -2.47. The first-order valence-corrected chi connectivity index (χ1v) is 3.98. The molecule has 15 heavy (non-hydrogen) atoms. The van der Waals surface area contributed by atoms with E-state index < -0.39 is 4.92 Å². The fourth-order valence-electron chi connectivity index (χ4n) is 1.05. The molecule has 7 nitrogen and oxygen atoms in total. The summed E-state index contributed by atoms with van der Waals surface area (Å²) in [6, 6.07) is 3.99. The summed E-state index contributed by atoms with van der Waals surface area (Å²) in [4.78, 5) is 10.0. The Hall–Kier alpha value is -2.44. The average Bonchev–Trinajstić information content (AvgIpc) is 2.16. The number of amidine groups is 2. The van der Waals surface area contributed by atoms with Gasteiger partial charge in [0.25, 0.3) is 17.4 Å². The molecule has 0 amide bonds. The number of rotatable bonds is 3. The topological polar surface area (TPSA) is 146 Å². The molecule has 0 saturated carbocycles. The maximum Gasteiger partial charge on any atom is 0.271 e. The van der Waals surface area contributed by atoms with Crippen molar-refractivity contribution in [3.8, 4) is 0 Å². The van der Waals surface area contributed by atoms with Gasteiger partial charge in [0.1, 0.15) is 0 Å². The lowest BCUT2D eigenvalue weighted by molar-refractivity contribution is -0.384. The van der Waals surface area contributed by atoms with Gasteiger partial charge in [-0.2, -0.15) is 0 Å². The number of nitrogens with two attached hydrogens (primary N) is 4. The minimum Gasteiger partial charge on any atom is -0.287 e. The molecule has 0 saturated heterocycles. The van der Waals surface area contributed by atoms with Gasteiger partial charge in [-0.1, -0.05) is 0 Å². The summed E-state index contributed by atoms with van der Waals surface area (Å²) in [7, 11) is 0. The van der Waals surface area contributed by atoms with Gasteiger partial charge in [-0.3, -0.25) is 32.4 Å². The maximum absolute atomic E-state index is 10.6. The number of hydrogen-bond donors (Lipinski definition) is 4. The van der Waals surface area contributed by atoms with E-state index >= 15 is 0 Å². The van der Waals surface area contributed by atoms with Crippen molar-refractivity contribution in [2.75, 3.05) is 0 Å². The third kappa shape index (κ3) is 2.27. The molecule has 0 unspecified atom stereocenters. The Labute approximate surface area is 84.9 Å². The summed E-state index contributed by atoms with van der Waals surface area (Å²) >= 11 is 0. The fourth-order valence-corrected chi connectivity index (χ4v) is 1.05. The average molecular weight is 209 g/mol. The third-order valence-corrected chi connectivity index (χ3v) is 1.80. The Bertz CT molecular complexity index is 375. The van der Waals surface area contributed by atoms with Crippen molar-refractivity contribution in [3.05, 3.63) is 39.4 Å². The van der Waals surface area contributed by atoms with Crippen molar-refractivity contribution in [3.63, 3.8) is 0 Å². The predicted octanol–water partition coefficient (Wildman–Crippen LogP) is -3.48. The zero-order valence-electron chi connectivity index (χ0n) is 7.81. The van der Waals surface area contributed by atoms with E-state index in [2.05, 4.69) is 0 Å². The summed E-state index contributed by atoms with van der Waals surface area (Å²) in [5.74, 6) is -0.0533. The molecular weight excluding hydrogens is 198 g/mol. The number of nitro groups is 1. The van der Waals surface area contributed by atoms with Crippen molar-refractivity contribution in [2.24, 2.45) is 11.5 Å². The number of hydrogen-bond acceptors (Lipinski definition) is 2. The van der Waals surface area contributed by atoms with Gasteiger partial charge in [-0.15, -0.1) is 0 Å². The van der Waals surface area contributed by atoms with E-state index in [1.807, 2.05) is 0 Å². The first-order valence-electron chi connectivity index (χ1n) is 3.98. The van der Waals surface area contributed by atoms with E-state index in [4.69, 9.17) is 22.3 Å². The maximum atomic E-state index is 10.6. The Balaban J connectivity index is 3.39. The minimum atomic E-state index is -0.571. The molecule has 0 radical (unpaired) electrons. The van der Waals surface area contributed by atoms with E-state index in [0.717, 1.165) is 0 Å². The molecule has 1 aromatic carbocycles. The fraction of sp³-hybridized carbons (Fsp3) is 0. The van der Waals surface area contributed by atoms with Gasteiger partial charge < -0.3 is 0 Å². The molecule has 0 bridgehead atoms. The summed E-state index contributed by atoms with van der Waals surface area (Å²) in [5.41, 5.74) is 11.2. The molecule has 0 spiro atoms. The number of non-ortho nitro benzene ring substituents is 1. The van der Waals surface area contributed by atoms with Crippen LogP contribution in [0, 0.1) is 10.1 Å². The van der Waals surface area contributed by atoms with Crippen LogP contribution in [0.3, 0.4) is 0 Å². The normalized spacial score (nSPS) is 9.60. The molecule has 1 aromatic rings. The Morgan fingerprint density at radius 3 is 1.80 bits per heavy atom. The van der Waals surface area contributed by atoms with Gasteiger partial charge in [0, 0.05) is 12.1 Å². The Morgan fingerprint density at radius 2 is 1.53 bits per heavy atom. The van der Waals surface area contributed by atoms with E-state index in [9.17, 15) is 10.1 Å². The Morgan fingerprint density at radius 1 is 1.13 bits per heavy atom. The minimum absolute atomic E-state index is 0.0267. The van der Waals surface area contributed by atoms with Crippen LogP contribution >= 0.6 is 0 Å². The largest absolute Gasteiger partial charge is 0.287 e. The third-order valence-electron chi connectivity index (χ3n) is 1.80. The quantitative estimate of drug-likeness (QED) is 0.177. The first kappa shape index (κ1) is 10.6. The lowest BCUT2D eigenvalue weighted by Gasteiger charge is -1.98. The van der Waals surface area contributed by atoms with Gasteiger partial charge in [-0.25, -0.2) is 0 Å². The summed E-state index contributed by atoms with van der Waals surface area (Å²) in [6.07, 6.45) is 0. The number of nitro benzene ring substituents is 1. The van der Waals surface area contributed by atoms with Gasteiger partial charge in [0.05, 0.1) is 16.1 Å². The van der Waals surface area contributed by atoms with Crippen LogP contribution in [-0.2, 0) is 0 Å². The molecule has 0 aliphatic carbocycles. The summed E-state index contributed by atoms with van der Waals surface area (Å²) in [6.45, 7) is 0. The van der Waals surface area contributed by atoms with E-state index in [0.29, 0.717) is 11.1 Å². The highest BCUT2D eigenvalue weighted by molar-refractivity contribution is 5.99. The number of nitrogens with zero attached hydrogens (tertiary/aromatic N) is 1. The molecule has 0 aromatic heterocycles. The van der Waals surface area contributed by atoms with Crippen LogP contribution < -0.4 is 22.3 Å². The molecule has 1 rings (SSSR count). The SMILES string of the molecule is NC(=[NH2+])c1cc(C(N)=[NH2+])cc([N+](=O)[O-])c1. The molecule has 0 aliphatic rings. The van der Waals surface area contributed by atoms with Crippen LogP contribution in [-0.4, -0.2) is 16.6 Å². The predicted molar refractivity (Wildman–Crippen MR) is 53.5 cm³/mol. The van der Waals surface area contributed by atoms with Crippen molar-refractivity contribution in [2.45, 2.75) is 0 Å². The van der Waals surface area contributed by atoms with Crippen molar-refractivity contribution in [1.82, 2.24) is 0 Å². The highest BCUT2D eigenvalue weighted by atomic mass is 16.6. The molecule has 8 N–H and O–H groups in total. The second kappa shape index (κ2) is 3.74. The first-order chi connectivity index (χ1) is 6.91. The second-order valence-electron chi connectivity index (χ2n) is 2.94. The summed E-state index contributed by atoms with van der Waals surface area (Å²) in [5, 5.41) is 21.2. The highest BCUT2D eigenvalue weighted by Gasteiger charge is 2.16. The zero-order chi connectivity index (χ0) is 11.6. The number of benzene rings is 1. The smallest absolute Gasteiger partial charge is 0.271 e. The second-order valence-corrected chi connectivity index (χ2v) is 2.94. The molecule has 78 valence electrons. The van der Waals surface area contributed by atoms with E-state index in [-0.39, 0.29) is 17.4 Å². The van der Waals surface area contributed by atoms with Crippen LogP contribution in [0.5, 0.6) is 0 Å².